The Bertz CT molecular complexity index is 466. The molecule has 20 heavy (non-hydrogen) atoms. The van der Waals surface area contributed by atoms with Crippen molar-refractivity contribution in [3.05, 3.63) is 30.1 Å². The number of likely N-dealkylation sites (N-methyl/N-ethyl adjacent to an activating group) is 1. The second-order valence-electron chi connectivity index (χ2n) is 5.28. The topological polar surface area (TPSA) is 53.4 Å². The monoisotopic (exact) mass is 277 g/mol. The Morgan fingerprint density at radius 2 is 2.35 bits per heavy atom. The van der Waals surface area contributed by atoms with Crippen molar-refractivity contribution < 1.29 is 4.79 Å². The van der Waals surface area contributed by atoms with Gasteiger partial charge in [0, 0.05) is 45.0 Å². The fourth-order valence-electron chi connectivity index (χ4n) is 2.20. The van der Waals surface area contributed by atoms with Gasteiger partial charge in [0.15, 0.2) is 0 Å². The molecule has 0 aliphatic carbocycles. The lowest BCUT2D eigenvalue weighted by Gasteiger charge is -2.27. The van der Waals surface area contributed by atoms with Gasteiger partial charge in [-0.15, -0.1) is 0 Å². The predicted molar refractivity (Wildman–Crippen MR) is 78.2 cm³/mol. The van der Waals surface area contributed by atoms with Crippen LogP contribution in [-0.2, 0) is 17.9 Å². The summed E-state index contributed by atoms with van der Waals surface area (Å²) in [7, 11) is 3.95. The van der Waals surface area contributed by atoms with E-state index >= 15 is 0 Å². The first-order chi connectivity index (χ1) is 9.65. The number of fused-ring (bicyclic) bond motifs is 1. The Balaban J connectivity index is 1.64. The minimum absolute atomic E-state index is 0.0195. The Labute approximate surface area is 120 Å². The fraction of sp³-hybridized carbons (Fsp3) is 0.571. The van der Waals surface area contributed by atoms with Crippen LogP contribution in [-0.4, -0.2) is 65.8 Å². The maximum atomic E-state index is 11.6. The highest BCUT2D eigenvalue weighted by Crippen LogP contribution is 2.09. The zero-order chi connectivity index (χ0) is 14.4. The molecule has 1 aromatic heterocycles. The van der Waals surface area contributed by atoms with E-state index in [0.29, 0.717) is 6.54 Å². The number of amides is 1. The summed E-state index contributed by atoms with van der Waals surface area (Å²) < 4.78 is 2.04. The number of carbonyl (C=O) groups excluding carboxylic acids is 1. The van der Waals surface area contributed by atoms with E-state index < -0.39 is 0 Å². The molecule has 0 atom stereocenters. The van der Waals surface area contributed by atoms with E-state index in [1.54, 1.807) is 6.08 Å². The molecule has 0 fully saturated rings. The maximum absolute atomic E-state index is 11.6. The minimum atomic E-state index is -0.0195. The zero-order valence-corrected chi connectivity index (χ0v) is 12.2. The minimum Gasteiger partial charge on any atom is -0.351 e. The second-order valence-corrected chi connectivity index (χ2v) is 5.28. The number of aromatic nitrogens is 2. The summed E-state index contributed by atoms with van der Waals surface area (Å²) in [4.78, 5) is 15.9. The Hall–Kier alpha value is -1.66. The van der Waals surface area contributed by atoms with Crippen LogP contribution in [0.2, 0.25) is 0 Å². The SMILES string of the molecule is CN(C)C/C=C/C(=O)NCCN1CCn2nccc2C1. The van der Waals surface area contributed by atoms with E-state index in [2.05, 4.69) is 21.4 Å². The van der Waals surface area contributed by atoms with E-state index in [4.69, 9.17) is 0 Å². The van der Waals surface area contributed by atoms with Gasteiger partial charge in [0.25, 0.3) is 0 Å². The number of hydrogen-bond acceptors (Lipinski definition) is 4. The first-order valence-corrected chi connectivity index (χ1v) is 6.97. The van der Waals surface area contributed by atoms with Crippen LogP contribution in [0.1, 0.15) is 5.69 Å². The Morgan fingerprint density at radius 3 is 3.15 bits per heavy atom. The van der Waals surface area contributed by atoms with Crippen LogP contribution >= 0.6 is 0 Å². The van der Waals surface area contributed by atoms with Gasteiger partial charge in [0.1, 0.15) is 0 Å². The molecule has 0 unspecified atom stereocenters. The summed E-state index contributed by atoms with van der Waals surface area (Å²) >= 11 is 0. The normalized spacial score (nSPS) is 15.8. The average molecular weight is 277 g/mol. The van der Waals surface area contributed by atoms with Crippen molar-refractivity contribution in [2.75, 3.05) is 40.3 Å². The summed E-state index contributed by atoms with van der Waals surface area (Å²) in [5, 5.41) is 7.17. The molecule has 6 heteroatoms. The fourth-order valence-corrected chi connectivity index (χ4v) is 2.20. The summed E-state index contributed by atoms with van der Waals surface area (Å²) in [6, 6.07) is 2.05. The number of rotatable bonds is 6. The number of carbonyl (C=O) groups is 1. The number of nitrogens with zero attached hydrogens (tertiary/aromatic N) is 4. The van der Waals surface area contributed by atoms with Gasteiger partial charge >= 0.3 is 0 Å². The molecule has 0 saturated carbocycles. The van der Waals surface area contributed by atoms with E-state index in [1.807, 2.05) is 35.9 Å². The average Bonchev–Trinajstić information content (AvgIpc) is 2.85. The summed E-state index contributed by atoms with van der Waals surface area (Å²) in [6.45, 7) is 5.16. The van der Waals surface area contributed by atoms with Crippen molar-refractivity contribution in [1.82, 2.24) is 24.9 Å². The molecule has 1 amide bonds. The Morgan fingerprint density at radius 1 is 1.50 bits per heavy atom. The van der Waals surface area contributed by atoms with Crippen LogP contribution in [0.15, 0.2) is 24.4 Å². The molecule has 2 rings (SSSR count). The third-order valence-corrected chi connectivity index (χ3v) is 3.29. The Kier molecular flexibility index (Phi) is 5.31. The van der Waals surface area contributed by atoms with Gasteiger partial charge in [-0.2, -0.15) is 5.10 Å². The molecular formula is C14H23N5O. The highest BCUT2D eigenvalue weighted by molar-refractivity contribution is 5.87. The molecule has 1 N–H and O–H groups in total. The number of hydrogen-bond donors (Lipinski definition) is 1. The first kappa shape index (κ1) is 14.7. The van der Waals surface area contributed by atoms with Crippen LogP contribution in [0, 0.1) is 0 Å². The van der Waals surface area contributed by atoms with E-state index in [0.717, 1.165) is 32.7 Å². The van der Waals surface area contributed by atoms with Crippen LogP contribution in [0.3, 0.4) is 0 Å². The molecular weight excluding hydrogens is 254 g/mol. The van der Waals surface area contributed by atoms with Crippen molar-refractivity contribution in [1.29, 1.82) is 0 Å². The van der Waals surface area contributed by atoms with Crippen molar-refractivity contribution >= 4 is 5.91 Å². The van der Waals surface area contributed by atoms with Gasteiger partial charge in [-0.3, -0.25) is 14.4 Å². The van der Waals surface area contributed by atoms with Crippen LogP contribution in [0.4, 0.5) is 0 Å². The van der Waals surface area contributed by atoms with Crippen molar-refractivity contribution in [3.63, 3.8) is 0 Å². The molecule has 0 radical (unpaired) electrons. The molecule has 0 spiro atoms. The lowest BCUT2D eigenvalue weighted by atomic mass is 10.3. The molecule has 0 saturated heterocycles. The lowest BCUT2D eigenvalue weighted by molar-refractivity contribution is -0.116. The molecule has 0 aromatic carbocycles. The molecule has 2 heterocycles. The molecule has 0 bridgehead atoms. The first-order valence-electron chi connectivity index (χ1n) is 6.97. The van der Waals surface area contributed by atoms with Gasteiger partial charge in [0.2, 0.25) is 5.91 Å². The third kappa shape index (κ3) is 4.47. The number of nitrogens with one attached hydrogen (secondary N) is 1. The summed E-state index contributed by atoms with van der Waals surface area (Å²) in [5.41, 5.74) is 1.24. The zero-order valence-electron chi connectivity index (χ0n) is 12.2. The van der Waals surface area contributed by atoms with Gasteiger partial charge in [-0.25, -0.2) is 0 Å². The highest BCUT2D eigenvalue weighted by Gasteiger charge is 2.15. The van der Waals surface area contributed by atoms with Gasteiger partial charge in [0.05, 0.1) is 12.2 Å². The van der Waals surface area contributed by atoms with E-state index in [1.165, 1.54) is 5.69 Å². The smallest absolute Gasteiger partial charge is 0.243 e. The van der Waals surface area contributed by atoms with Crippen LogP contribution < -0.4 is 5.32 Å². The van der Waals surface area contributed by atoms with Crippen LogP contribution in [0.25, 0.3) is 0 Å². The molecule has 110 valence electrons. The largest absolute Gasteiger partial charge is 0.351 e. The third-order valence-electron chi connectivity index (χ3n) is 3.29. The molecule has 6 nitrogen and oxygen atoms in total. The van der Waals surface area contributed by atoms with Crippen molar-refractivity contribution in [3.8, 4) is 0 Å². The second kappa shape index (κ2) is 7.21. The standard InChI is InChI=1S/C14H23N5O/c1-17(2)8-3-4-14(20)15-7-9-18-10-11-19-13(12-18)5-6-16-19/h3-6H,7-12H2,1-2H3,(H,15,20)/b4-3+. The molecule has 1 aromatic rings. The summed E-state index contributed by atoms with van der Waals surface area (Å²) in [6.07, 6.45) is 5.32. The van der Waals surface area contributed by atoms with Crippen LogP contribution in [0.5, 0.6) is 0 Å². The molecule has 1 aliphatic rings. The lowest BCUT2D eigenvalue weighted by Crippen LogP contribution is -2.39. The van der Waals surface area contributed by atoms with Gasteiger partial charge < -0.3 is 10.2 Å². The van der Waals surface area contributed by atoms with E-state index in [-0.39, 0.29) is 5.91 Å². The highest BCUT2D eigenvalue weighted by atomic mass is 16.1. The van der Waals surface area contributed by atoms with Gasteiger partial charge in [-0.1, -0.05) is 6.08 Å². The maximum Gasteiger partial charge on any atom is 0.243 e. The molecule has 1 aliphatic heterocycles. The van der Waals surface area contributed by atoms with E-state index in [9.17, 15) is 4.79 Å². The quantitative estimate of drug-likeness (QED) is 0.740. The van der Waals surface area contributed by atoms with Crippen molar-refractivity contribution in [2.24, 2.45) is 0 Å². The van der Waals surface area contributed by atoms with Gasteiger partial charge in [-0.05, 0) is 20.2 Å². The predicted octanol–water partition coefficient (Wildman–Crippen LogP) is -0.0673. The van der Waals surface area contributed by atoms with Crippen molar-refractivity contribution in [2.45, 2.75) is 13.1 Å². The summed E-state index contributed by atoms with van der Waals surface area (Å²) in [5.74, 6) is -0.0195.